The zero-order chi connectivity index (χ0) is 37.1. The van der Waals surface area contributed by atoms with Gasteiger partial charge in [0.25, 0.3) is 0 Å². The van der Waals surface area contributed by atoms with Crippen molar-refractivity contribution in [1.29, 1.82) is 0 Å². The largest absolute Gasteiger partial charge is 0.0622 e. The molecule has 3 aliphatic rings. The van der Waals surface area contributed by atoms with Crippen molar-refractivity contribution in [3.8, 4) is 0 Å². The maximum Gasteiger partial charge on any atom is 0 e. The summed E-state index contributed by atoms with van der Waals surface area (Å²) in [5.41, 5.74) is 0.625. The minimum absolute atomic E-state index is 0. The van der Waals surface area contributed by atoms with Gasteiger partial charge in [0, 0.05) is 23.0 Å². The molecule has 8 rings (SSSR count). The Labute approximate surface area is 354 Å². The predicted molar refractivity (Wildman–Crippen MR) is 232 cm³/mol. The van der Waals surface area contributed by atoms with Crippen LogP contribution in [0.25, 0.3) is 0 Å². The molecular formula is C46H53Cl2FeNOP2Ru. The first-order valence-electron chi connectivity index (χ1n) is 19.0. The van der Waals surface area contributed by atoms with E-state index in [1.807, 2.05) is 0 Å². The summed E-state index contributed by atoms with van der Waals surface area (Å²) in [5.74, 6) is 2.08. The smallest absolute Gasteiger partial charge is 0 e. The van der Waals surface area contributed by atoms with Crippen molar-refractivity contribution in [2.75, 3.05) is 6.61 Å². The zero-order valence-corrected chi connectivity index (χ0v) is 37.5. The third kappa shape index (κ3) is 13.7. The van der Waals surface area contributed by atoms with E-state index in [0.717, 1.165) is 12.5 Å². The van der Waals surface area contributed by atoms with Crippen molar-refractivity contribution in [3.05, 3.63) is 152 Å². The Bertz CT molecular complexity index is 1600. The minimum Gasteiger partial charge on any atom is -0.0622 e. The van der Waals surface area contributed by atoms with Crippen molar-refractivity contribution in [2.45, 2.75) is 76.9 Å². The molecule has 2 nitrogen and oxygen atoms in total. The third-order valence-electron chi connectivity index (χ3n) is 9.95. The Balaban J connectivity index is 0.000000203. The first kappa shape index (κ1) is 44.9. The van der Waals surface area contributed by atoms with Gasteiger partial charge in [0.15, 0.2) is 5.90 Å². The summed E-state index contributed by atoms with van der Waals surface area (Å²) in [4.78, 5) is 4.99. The van der Waals surface area contributed by atoms with Gasteiger partial charge in [-0.25, -0.2) is 4.99 Å². The van der Waals surface area contributed by atoms with Crippen molar-refractivity contribution >= 4 is 67.6 Å². The van der Waals surface area contributed by atoms with Crippen LogP contribution in [0.4, 0.5) is 0 Å². The molecular weight excluding hydrogens is 872 g/mol. The maximum atomic E-state index is 6.12. The molecule has 0 spiro atoms. The predicted octanol–water partition coefficient (Wildman–Crippen LogP) is 11.5. The number of aliphatic imine (C=N–C) groups is 1. The summed E-state index contributed by atoms with van der Waals surface area (Å²) in [6, 6.07) is 54.8. The van der Waals surface area contributed by atoms with Gasteiger partial charge in [-0.1, -0.05) is 204 Å². The fourth-order valence-corrected chi connectivity index (χ4v) is 12.7. The molecule has 3 atom stereocenters. The van der Waals surface area contributed by atoms with Crippen LogP contribution in [0.1, 0.15) is 65.2 Å². The molecule has 0 radical (unpaired) electrons. The van der Waals surface area contributed by atoms with E-state index in [4.69, 9.17) is 29.1 Å². The molecule has 3 unspecified atom stereocenters. The van der Waals surface area contributed by atoms with Crippen LogP contribution in [0.2, 0.25) is 0 Å². The van der Waals surface area contributed by atoms with Crippen LogP contribution in [0.15, 0.2) is 157 Å². The summed E-state index contributed by atoms with van der Waals surface area (Å²) >= 11 is -0.346. The topological polar surface area (TPSA) is 21.6 Å². The molecule has 0 N–H and O–H groups in total. The van der Waals surface area contributed by atoms with Crippen LogP contribution in [0, 0.1) is 11.8 Å². The number of ether oxygens (including phenoxy) is 1. The molecule has 0 aromatic heterocycles. The summed E-state index contributed by atoms with van der Waals surface area (Å²) in [5, 5.41) is 7.15. The Hall–Kier alpha value is -1.85. The number of halogens is 2. The van der Waals surface area contributed by atoms with Crippen LogP contribution >= 0.6 is 35.2 Å². The van der Waals surface area contributed by atoms with Crippen LogP contribution < -0.4 is 26.5 Å². The van der Waals surface area contributed by atoms with Crippen LogP contribution in [0.3, 0.4) is 0 Å². The average molecular weight is 926 g/mol. The van der Waals surface area contributed by atoms with E-state index in [0.29, 0.717) is 23.5 Å². The van der Waals surface area contributed by atoms with E-state index in [1.54, 1.807) is 0 Å². The van der Waals surface area contributed by atoms with E-state index in [1.165, 1.54) is 77.9 Å². The van der Waals surface area contributed by atoms with E-state index in [2.05, 4.69) is 166 Å². The standard InChI is InChI=1S/C23H28NOP.C18H15P.C5H10.2ClH.Fe.Ru/c1-17(2)21-16-25-23(24-21)20-14-9-15-22(20)26(18-10-5-3-6-11-18)19-12-7-4-8-13-19;1-4-10-16(11-5-1)19(17-12-6-2-7-13-17)18-14-8-3-9-15-18;1-2-4-5-3-1;;;;/h3-8,10-13,17,20-22H,9,14-16H2,1-2H3;1-15H;1-5H2;2*1H;;/q;;;;;;+2/p-2. The van der Waals surface area contributed by atoms with Gasteiger partial charge < -0.3 is 4.74 Å². The van der Waals surface area contributed by atoms with E-state index in [-0.39, 0.29) is 32.2 Å². The summed E-state index contributed by atoms with van der Waals surface area (Å²) < 4.78 is 6.12. The second kappa shape index (κ2) is 25.4. The molecule has 5 aromatic carbocycles. The van der Waals surface area contributed by atoms with Gasteiger partial charge in [0.1, 0.15) is 6.61 Å². The fourth-order valence-electron chi connectivity index (χ4n) is 7.26. The number of hydrogen-bond acceptors (Lipinski definition) is 2. The van der Waals surface area contributed by atoms with Gasteiger partial charge in [-0.15, -0.1) is 0 Å². The summed E-state index contributed by atoms with van der Waals surface area (Å²) in [7, 11) is 8.86. The van der Waals surface area contributed by atoms with E-state index in [9.17, 15) is 0 Å². The molecule has 54 heavy (non-hydrogen) atoms. The molecule has 0 saturated heterocycles. The van der Waals surface area contributed by atoms with Crippen molar-refractivity contribution in [1.82, 2.24) is 0 Å². The van der Waals surface area contributed by atoms with E-state index < -0.39 is 15.8 Å². The van der Waals surface area contributed by atoms with Gasteiger partial charge in [-0.3, -0.25) is 0 Å². The third-order valence-corrected chi connectivity index (χ3v) is 15.4. The van der Waals surface area contributed by atoms with Crippen LogP contribution in [0.5, 0.6) is 0 Å². The van der Waals surface area contributed by atoms with E-state index >= 15 is 0 Å². The first-order chi connectivity index (χ1) is 26.1. The molecule has 0 bridgehead atoms. The van der Waals surface area contributed by atoms with Gasteiger partial charge in [-0.05, 0) is 66.8 Å². The molecule has 0 amide bonds. The Kier molecular flexibility index (Phi) is 21.1. The molecule has 288 valence electrons. The average Bonchev–Trinajstić information content (AvgIpc) is 4.03. The zero-order valence-electron chi connectivity index (χ0n) is 31.3. The Morgan fingerprint density at radius 3 is 1.24 bits per heavy atom. The van der Waals surface area contributed by atoms with Crippen molar-refractivity contribution in [2.24, 2.45) is 16.8 Å². The minimum atomic E-state index is -0.446. The van der Waals surface area contributed by atoms with Gasteiger partial charge in [-0.2, -0.15) is 0 Å². The second-order valence-corrected chi connectivity index (χ2v) is 21.2. The number of rotatable bonds is 8. The number of benzene rings is 5. The number of hydrogen-bond donors (Lipinski definition) is 0. The Morgan fingerprint density at radius 1 is 0.556 bits per heavy atom. The maximum absolute atomic E-state index is 6.12. The van der Waals surface area contributed by atoms with Crippen LogP contribution in [-0.4, -0.2) is 24.2 Å². The van der Waals surface area contributed by atoms with Gasteiger partial charge in [0.05, 0.1) is 6.04 Å². The molecule has 2 aliphatic carbocycles. The molecule has 5 aromatic rings. The van der Waals surface area contributed by atoms with Crippen LogP contribution in [-0.2, 0) is 37.0 Å². The van der Waals surface area contributed by atoms with Crippen molar-refractivity contribution < 1.29 is 37.0 Å². The van der Waals surface area contributed by atoms with Gasteiger partial charge >= 0.3 is 34.5 Å². The van der Waals surface area contributed by atoms with Gasteiger partial charge in [0.2, 0.25) is 0 Å². The fraction of sp³-hybridized carbons (Fsp3) is 0.326. The molecule has 1 aliphatic heterocycles. The molecule has 2 fully saturated rings. The first-order valence-corrected chi connectivity index (χ1v) is 26.2. The Morgan fingerprint density at radius 2 is 0.907 bits per heavy atom. The summed E-state index contributed by atoms with van der Waals surface area (Å²) in [6.45, 7) is 5.26. The SMILES string of the molecule is C1CCCC1.CC(C)C1COC(C2CCCC2P(c2ccccc2)c2ccccc2)=N1.[Cl][Ru][Cl].[Fe].c1ccc(P(c2ccccc2)c2ccccc2)cc1. The monoisotopic (exact) mass is 925 g/mol. The molecule has 1 heterocycles. The second-order valence-electron chi connectivity index (χ2n) is 13.9. The number of nitrogens with zero attached hydrogens (tertiary/aromatic N) is 1. The normalized spacial score (nSPS) is 18.6. The molecule has 8 heteroatoms. The quantitative estimate of drug-likeness (QED) is 0.112. The molecule has 2 saturated carbocycles. The summed E-state index contributed by atoms with van der Waals surface area (Å²) in [6.07, 6.45) is 11.3. The van der Waals surface area contributed by atoms with Crippen molar-refractivity contribution in [3.63, 3.8) is 0 Å².